The third-order valence-corrected chi connectivity index (χ3v) is 21.0. The maximum atomic E-state index is 13.3. The van der Waals surface area contributed by atoms with Gasteiger partial charge in [0.05, 0.1) is 36.1 Å². The zero-order valence-corrected chi connectivity index (χ0v) is 46.3. The predicted molar refractivity (Wildman–Crippen MR) is 324 cm³/mol. The summed E-state index contributed by atoms with van der Waals surface area (Å²) in [6.07, 6.45) is 3.73. The van der Waals surface area contributed by atoms with Gasteiger partial charge in [0.15, 0.2) is 0 Å². The van der Waals surface area contributed by atoms with Crippen molar-refractivity contribution in [2.45, 2.75) is 25.7 Å². The van der Waals surface area contributed by atoms with Crippen LogP contribution in [-0.2, 0) is 18.7 Å². The summed E-state index contributed by atoms with van der Waals surface area (Å²) in [5.41, 5.74) is 3.51. The first-order valence-corrected chi connectivity index (χ1v) is 30.7. The van der Waals surface area contributed by atoms with Gasteiger partial charge >= 0.3 is 0 Å². The Labute approximate surface area is 451 Å². The molecule has 0 heterocycles. The van der Waals surface area contributed by atoms with Crippen molar-refractivity contribution in [1.29, 1.82) is 0 Å². The average molecular weight is 1160 g/mol. The molecule has 0 aromatic heterocycles. The molecule has 9 rings (SSSR count). The average Bonchev–Trinajstić information content (AvgIpc) is 3.43. The van der Waals surface area contributed by atoms with Crippen molar-refractivity contribution >= 4 is 101 Å². The number of rotatable bonds is 14. The van der Waals surface area contributed by atoms with E-state index >= 15 is 0 Å². The van der Waals surface area contributed by atoms with Crippen LogP contribution in [0, 0.1) is 17.5 Å². The molecule has 368 valence electrons. The Morgan fingerprint density at radius 2 is 0.761 bits per heavy atom. The standard InChI is InChI=1S/C21H20ClFP.C19H16FP.C12H11P.C8H9F.C2H4ClI.2H2/c22-15-16-24(20-7-3-1-4-8-20,21-9-5-2-6-10-21)17-18-11-13-19(23)14-12-18;20-17-13-11-16(12-14-17)15-21(18-7-3-1-4-8-18)19-9-5-2-6-10-19;1-3-7-11(8-4-1)13-12-9-5-2-6-10-12;1-2-7-3-5-8(9)6-4-7;3-1-2-4;;/h1-14H,15-17H2;1-14H,15H2;1-10,13H;3-6H,2H2,1H3;1-2H2;2*1H/q+1;;;;;;/i23-1;20-1;;9-1;;2*1+1. The Balaban J connectivity index is 0.000000261. The summed E-state index contributed by atoms with van der Waals surface area (Å²) in [7, 11) is -1.37. The highest BCUT2D eigenvalue weighted by molar-refractivity contribution is 14.1. The minimum absolute atomic E-state index is 0. The molecule has 9 aromatic rings. The second kappa shape index (κ2) is 33.2. The molecule has 0 nitrogen and oxygen atoms in total. The van der Waals surface area contributed by atoms with Gasteiger partial charge in [0.1, 0.15) is 17.5 Å². The van der Waals surface area contributed by atoms with E-state index in [4.69, 9.17) is 23.2 Å². The van der Waals surface area contributed by atoms with Gasteiger partial charge in [0.25, 0.3) is 0 Å². The van der Waals surface area contributed by atoms with Crippen LogP contribution in [0.5, 0.6) is 0 Å². The molecule has 9 heteroatoms. The number of hydrogen-bond donors (Lipinski definition) is 0. The van der Waals surface area contributed by atoms with Gasteiger partial charge in [-0.3, -0.25) is 0 Å². The normalized spacial score (nSPS) is 10.5. The molecular weight excluding hydrogens is 1090 g/mol. The Bertz CT molecular complexity index is 2640. The molecule has 0 aliphatic carbocycles. The SMILES string of the molecule is CCc1ccc([18F])cc1.ClCCI.[18F]c1ccc(CP(c2ccccc2)c2ccccc2)cc1.[18F]c1ccc(C[P+](CCCl)(c2ccccc2)c2ccccc2)cc1.[2HH].[2HH].c1ccc(Pc2ccccc2)cc1. The van der Waals surface area contributed by atoms with Crippen LogP contribution in [0.3, 0.4) is 0 Å². The monoisotopic (exact) mass is 1150 g/mol. The van der Waals surface area contributed by atoms with Crippen molar-refractivity contribution in [1.82, 2.24) is 0 Å². The van der Waals surface area contributed by atoms with E-state index in [1.54, 1.807) is 36.4 Å². The van der Waals surface area contributed by atoms with Crippen LogP contribution >= 0.6 is 69.6 Å². The van der Waals surface area contributed by atoms with Crippen molar-refractivity contribution in [2.24, 2.45) is 0 Å². The van der Waals surface area contributed by atoms with E-state index in [1.165, 1.54) is 55.1 Å². The highest BCUT2D eigenvalue weighted by Gasteiger charge is 2.42. The van der Waals surface area contributed by atoms with Gasteiger partial charge in [0.2, 0.25) is 0 Å². The van der Waals surface area contributed by atoms with Gasteiger partial charge in [-0.15, -0.1) is 23.2 Å². The lowest BCUT2D eigenvalue weighted by atomic mass is 10.2. The number of hydrogen-bond acceptors (Lipinski definition) is 0. The molecule has 71 heavy (non-hydrogen) atoms. The highest BCUT2D eigenvalue weighted by atomic mass is 127. The minimum atomic E-state index is -1.69. The van der Waals surface area contributed by atoms with Crippen LogP contribution in [0.25, 0.3) is 0 Å². The number of aryl methyl sites for hydroxylation is 1. The van der Waals surface area contributed by atoms with Gasteiger partial charge in [-0.1, -0.05) is 232 Å². The molecule has 0 spiro atoms. The van der Waals surface area contributed by atoms with Crippen molar-refractivity contribution in [2.75, 3.05) is 22.3 Å². The molecule has 0 saturated carbocycles. The summed E-state index contributed by atoms with van der Waals surface area (Å²) < 4.78 is 39.7. The van der Waals surface area contributed by atoms with E-state index in [2.05, 4.69) is 180 Å². The molecular formula is C62H64Cl2F3IP3+. The Morgan fingerprint density at radius 3 is 1.10 bits per heavy atom. The van der Waals surface area contributed by atoms with Crippen LogP contribution in [0.2, 0.25) is 0 Å². The Morgan fingerprint density at radius 1 is 0.437 bits per heavy atom. The molecule has 0 atom stereocenters. The number of benzene rings is 9. The maximum Gasteiger partial charge on any atom is 0.123 e. The highest BCUT2D eigenvalue weighted by Crippen LogP contribution is 2.59. The maximum absolute atomic E-state index is 13.3. The summed E-state index contributed by atoms with van der Waals surface area (Å²) in [6.45, 7) is 2.05. The van der Waals surface area contributed by atoms with Crippen LogP contribution in [0.1, 0.15) is 26.5 Å². The summed E-state index contributed by atoms with van der Waals surface area (Å²) in [5, 5.41) is 8.19. The molecule has 0 unspecified atom stereocenters. The zero-order valence-electron chi connectivity index (χ0n) is 39.9. The summed E-state index contributed by atoms with van der Waals surface area (Å²) in [4.78, 5) is 0. The van der Waals surface area contributed by atoms with Crippen molar-refractivity contribution in [3.05, 3.63) is 289 Å². The molecule has 0 amide bonds. The smallest absolute Gasteiger partial charge is 0.123 e. The zero-order chi connectivity index (χ0) is 50.4. The van der Waals surface area contributed by atoms with Crippen molar-refractivity contribution < 1.29 is 16.0 Å². The number of halogens is 6. The second-order valence-electron chi connectivity index (χ2n) is 15.9. The fourth-order valence-corrected chi connectivity index (χ4v) is 15.6. The molecule has 0 bridgehead atoms. The molecule has 0 radical (unpaired) electrons. The first-order valence-electron chi connectivity index (χ1n) is 23.4. The lowest BCUT2D eigenvalue weighted by molar-refractivity contribution is 0.626. The molecule has 9 aromatic carbocycles. The third kappa shape index (κ3) is 20.4. The quantitative estimate of drug-likeness (QED) is 0.0578. The molecule has 0 fully saturated rings. The molecule has 0 aliphatic heterocycles. The number of alkyl halides is 3. The summed E-state index contributed by atoms with van der Waals surface area (Å²) >= 11 is 13.6. The Kier molecular flexibility index (Phi) is 26.8. The third-order valence-electron chi connectivity index (χ3n) is 11.0. The fraction of sp³-hybridized carbons (Fsp3) is 0.129. The van der Waals surface area contributed by atoms with Gasteiger partial charge in [0, 0.05) is 19.3 Å². The summed E-state index contributed by atoms with van der Waals surface area (Å²) in [5.74, 6) is 0.855. The van der Waals surface area contributed by atoms with Crippen LogP contribution in [-0.4, -0.2) is 22.3 Å². The van der Waals surface area contributed by atoms with Crippen LogP contribution < -0.4 is 31.8 Å². The van der Waals surface area contributed by atoms with E-state index in [9.17, 15) is 13.2 Å². The molecule has 0 saturated heterocycles. The van der Waals surface area contributed by atoms with E-state index in [0.717, 1.165) is 49.4 Å². The lowest BCUT2D eigenvalue weighted by Crippen LogP contribution is -2.27. The van der Waals surface area contributed by atoms with Gasteiger partial charge in [-0.05, 0) is 113 Å². The van der Waals surface area contributed by atoms with Crippen molar-refractivity contribution in [3.63, 3.8) is 0 Å². The van der Waals surface area contributed by atoms with Crippen molar-refractivity contribution in [3.8, 4) is 0 Å². The first kappa shape index (κ1) is 57.3. The van der Waals surface area contributed by atoms with Crippen LogP contribution in [0.4, 0.5) is 13.2 Å². The van der Waals surface area contributed by atoms with Gasteiger partial charge in [-0.2, -0.15) is 0 Å². The lowest BCUT2D eigenvalue weighted by Gasteiger charge is -2.27. The van der Waals surface area contributed by atoms with Gasteiger partial charge in [-0.25, -0.2) is 13.2 Å². The van der Waals surface area contributed by atoms with E-state index in [0.29, 0.717) is 5.88 Å². The first-order chi connectivity index (χ1) is 34.8. The van der Waals surface area contributed by atoms with E-state index in [1.807, 2.05) is 55.5 Å². The largest absolute Gasteiger partial charge is 0.207 e. The predicted octanol–water partition coefficient (Wildman–Crippen LogP) is 16.5. The second-order valence-corrected chi connectivity index (χ2v) is 25.1. The fourth-order valence-electron chi connectivity index (χ4n) is 7.39. The molecule has 0 aliphatic rings. The summed E-state index contributed by atoms with van der Waals surface area (Å²) in [6, 6.07) is 83.9. The van der Waals surface area contributed by atoms with Crippen LogP contribution in [0.15, 0.2) is 255 Å². The Hall–Kier alpha value is -4.63. The topological polar surface area (TPSA) is 0 Å². The molecule has 0 N–H and O–H groups in total. The minimum Gasteiger partial charge on any atom is -0.207 e. The van der Waals surface area contributed by atoms with E-state index in [-0.39, 0.29) is 20.3 Å². The van der Waals surface area contributed by atoms with E-state index < -0.39 is 15.2 Å². The van der Waals surface area contributed by atoms with Gasteiger partial charge < -0.3 is 0 Å².